The van der Waals surface area contributed by atoms with Crippen molar-refractivity contribution in [1.82, 2.24) is 5.32 Å². The molecule has 0 spiro atoms. The maximum atomic E-state index is 12.0. The third-order valence-corrected chi connectivity index (χ3v) is 3.94. The molecule has 2 nitrogen and oxygen atoms in total. The van der Waals surface area contributed by atoms with E-state index in [1.54, 1.807) is 0 Å². The molecule has 0 aromatic heterocycles. The average molecular weight is 219 g/mol. The van der Waals surface area contributed by atoms with Gasteiger partial charge >= 0.3 is 0 Å². The standard InChI is InChI=1S/C14H21NO/c1-4-11-8-9(2)13(12-6-5-7-12)15-14(16)10(11)3/h8,10-11H,4-7H2,1-3H3,(H,15,16). The zero-order valence-corrected chi connectivity index (χ0v) is 10.5. The van der Waals surface area contributed by atoms with E-state index in [-0.39, 0.29) is 11.8 Å². The molecule has 0 aromatic rings. The number of allylic oxidation sites excluding steroid dienone is 3. The van der Waals surface area contributed by atoms with Crippen molar-refractivity contribution in [3.05, 3.63) is 22.9 Å². The largest absolute Gasteiger partial charge is 0.326 e. The molecule has 1 fully saturated rings. The van der Waals surface area contributed by atoms with Gasteiger partial charge in [-0.15, -0.1) is 0 Å². The molecule has 1 saturated carbocycles. The number of carbonyl (C=O) groups excluding carboxylic acids is 1. The Morgan fingerprint density at radius 2 is 2.12 bits per heavy atom. The lowest BCUT2D eigenvalue weighted by molar-refractivity contribution is -0.124. The van der Waals surface area contributed by atoms with Gasteiger partial charge < -0.3 is 5.32 Å². The molecule has 1 aliphatic heterocycles. The summed E-state index contributed by atoms with van der Waals surface area (Å²) in [5.74, 6) is 0.672. The SMILES string of the molecule is CCC1C=C(C)C(=C2CCC2)NC(=O)C1C. The van der Waals surface area contributed by atoms with E-state index >= 15 is 0 Å². The number of nitrogens with one attached hydrogen (secondary N) is 1. The highest BCUT2D eigenvalue weighted by atomic mass is 16.1. The van der Waals surface area contributed by atoms with Crippen molar-refractivity contribution < 1.29 is 4.79 Å². The van der Waals surface area contributed by atoms with Gasteiger partial charge in [-0.3, -0.25) is 4.79 Å². The molecule has 16 heavy (non-hydrogen) atoms. The van der Waals surface area contributed by atoms with Gasteiger partial charge in [0, 0.05) is 11.6 Å². The summed E-state index contributed by atoms with van der Waals surface area (Å²) in [5, 5.41) is 3.12. The normalized spacial score (nSPS) is 30.4. The molecule has 2 rings (SSSR count). The van der Waals surface area contributed by atoms with Gasteiger partial charge in [-0.05, 0) is 49.7 Å². The number of rotatable bonds is 1. The van der Waals surface area contributed by atoms with Crippen molar-refractivity contribution in [3.63, 3.8) is 0 Å². The molecule has 2 aliphatic rings. The Morgan fingerprint density at radius 1 is 1.44 bits per heavy atom. The average Bonchev–Trinajstić information content (AvgIpc) is 2.28. The predicted molar refractivity (Wildman–Crippen MR) is 65.7 cm³/mol. The van der Waals surface area contributed by atoms with Crippen LogP contribution in [0.1, 0.15) is 46.5 Å². The van der Waals surface area contributed by atoms with Crippen molar-refractivity contribution in [1.29, 1.82) is 0 Å². The fraction of sp³-hybridized carbons (Fsp3) is 0.643. The second kappa shape index (κ2) is 4.44. The quantitative estimate of drug-likeness (QED) is 0.721. The number of amides is 1. The van der Waals surface area contributed by atoms with Crippen LogP contribution in [-0.4, -0.2) is 5.91 Å². The zero-order valence-electron chi connectivity index (χ0n) is 10.5. The maximum Gasteiger partial charge on any atom is 0.227 e. The van der Waals surface area contributed by atoms with Gasteiger partial charge in [0.05, 0.1) is 0 Å². The number of carbonyl (C=O) groups is 1. The van der Waals surface area contributed by atoms with Crippen molar-refractivity contribution in [2.45, 2.75) is 46.5 Å². The second-order valence-electron chi connectivity index (χ2n) is 5.03. The van der Waals surface area contributed by atoms with Crippen molar-refractivity contribution in [2.24, 2.45) is 11.8 Å². The Bertz CT molecular complexity index is 359. The maximum absolute atomic E-state index is 12.0. The van der Waals surface area contributed by atoms with Gasteiger partial charge in [0.1, 0.15) is 0 Å². The molecule has 2 unspecified atom stereocenters. The number of hydrogen-bond acceptors (Lipinski definition) is 1. The van der Waals surface area contributed by atoms with Crippen LogP contribution in [0.3, 0.4) is 0 Å². The van der Waals surface area contributed by atoms with Crippen LogP contribution in [0.25, 0.3) is 0 Å². The fourth-order valence-electron chi connectivity index (χ4n) is 2.52. The Kier molecular flexibility index (Phi) is 3.17. The monoisotopic (exact) mass is 219 g/mol. The Hall–Kier alpha value is -1.05. The van der Waals surface area contributed by atoms with Gasteiger partial charge in [-0.2, -0.15) is 0 Å². The minimum Gasteiger partial charge on any atom is -0.326 e. The molecule has 1 amide bonds. The first-order chi connectivity index (χ1) is 7.63. The summed E-state index contributed by atoms with van der Waals surface area (Å²) in [6.45, 7) is 6.31. The molecule has 2 heteroatoms. The molecule has 0 radical (unpaired) electrons. The van der Waals surface area contributed by atoms with Crippen molar-refractivity contribution in [3.8, 4) is 0 Å². The number of hydrogen-bond donors (Lipinski definition) is 1. The summed E-state index contributed by atoms with van der Waals surface area (Å²) in [4.78, 5) is 12.0. The topological polar surface area (TPSA) is 29.1 Å². The minimum atomic E-state index is 0.0955. The Morgan fingerprint density at radius 3 is 2.62 bits per heavy atom. The summed E-state index contributed by atoms with van der Waals surface area (Å²) in [6.07, 6.45) is 6.91. The van der Waals surface area contributed by atoms with E-state index in [1.807, 2.05) is 6.92 Å². The van der Waals surface area contributed by atoms with Crippen LogP contribution < -0.4 is 5.32 Å². The molecule has 1 N–H and O–H groups in total. The molecule has 0 saturated heterocycles. The van der Waals surface area contributed by atoms with Crippen LogP contribution in [0.4, 0.5) is 0 Å². The molecule has 0 bridgehead atoms. The molecule has 1 aliphatic carbocycles. The first-order valence-corrected chi connectivity index (χ1v) is 6.35. The molecule has 1 heterocycles. The highest BCUT2D eigenvalue weighted by molar-refractivity contribution is 5.82. The van der Waals surface area contributed by atoms with E-state index in [4.69, 9.17) is 0 Å². The van der Waals surface area contributed by atoms with Crippen LogP contribution in [0.2, 0.25) is 0 Å². The smallest absolute Gasteiger partial charge is 0.227 e. The van der Waals surface area contributed by atoms with E-state index in [2.05, 4.69) is 25.2 Å². The van der Waals surface area contributed by atoms with Gasteiger partial charge in [0.25, 0.3) is 0 Å². The second-order valence-corrected chi connectivity index (χ2v) is 5.03. The summed E-state index contributed by atoms with van der Waals surface area (Å²) in [5.41, 5.74) is 3.82. The van der Waals surface area contributed by atoms with Crippen molar-refractivity contribution in [2.75, 3.05) is 0 Å². The minimum absolute atomic E-state index is 0.0955. The fourth-order valence-corrected chi connectivity index (χ4v) is 2.52. The van der Waals surface area contributed by atoms with Gasteiger partial charge in [-0.25, -0.2) is 0 Å². The van der Waals surface area contributed by atoms with Crippen LogP contribution in [0.5, 0.6) is 0 Å². The first-order valence-electron chi connectivity index (χ1n) is 6.35. The third-order valence-electron chi connectivity index (χ3n) is 3.94. The lowest BCUT2D eigenvalue weighted by Gasteiger charge is -2.22. The molecule has 88 valence electrons. The van der Waals surface area contributed by atoms with Gasteiger partial charge in [0.2, 0.25) is 5.91 Å². The lowest BCUT2D eigenvalue weighted by Crippen LogP contribution is -2.31. The van der Waals surface area contributed by atoms with Crippen LogP contribution in [0, 0.1) is 11.8 Å². The van der Waals surface area contributed by atoms with E-state index in [0.29, 0.717) is 5.92 Å². The van der Waals surface area contributed by atoms with E-state index < -0.39 is 0 Å². The van der Waals surface area contributed by atoms with E-state index in [0.717, 1.165) is 25.0 Å². The van der Waals surface area contributed by atoms with E-state index in [1.165, 1.54) is 17.6 Å². The molecular weight excluding hydrogens is 198 g/mol. The highest BCUT2D eigenvalue weighted by Crippen LogP contribution is 2.33. The van der Waals surface area contributed by atoms with E-state index in [9.17, 15) is 4.79 Å². The van der Waals surface area contributed by atoms with Crippen LogP contribution in [0.15, 0.2) is 22.9 Å². The van der Waals surface area contributed by atoms with Crippen LogP contribution >= 0.6 is 0 Å². The Labute approximate surface area is 97.8 Å². The molecule has 0 aromatic carbocycles. The summed E-state index contributed by atoms with van der Waals surface area (Å²) in [6, 6.07) is 0. The molecular formula is C14H21NO. The summed E-state index contributed by atoms with van der Waals surface area (Å²) >= 11 is 0. The highest BCUT2D eigenvalue weighted by Gasteiger charge is 2.27. The predicted octanol–water partition coefficient (Wildman–Crippen LogP) is 3.16. The molecule has 2 atom stereocenters. The van der Waals surface area contributed by atoms with Crippen molar-refractivity contribution >= 4 is 5.91 Å². The zero-order chi connectivity index (χ0) is 11.7. The van der Waals surface area contributed by atoms with Crippen LogP contribution in [-0.2, 0) is 4.79 Å². The summed E-state index contributed by atoms with van der Waals surface area (Å²) < 4.78 is 0. The van der Waals surface area contributed by atoms with Gasteiger partial charge in [0.15, 0.2) is 0 Å². The lowest BCUT2D eigenvalue weighted by atomic mass is 9.87. The first kappa shape index (κ1) is 11.4. The van der Waals surface area contributed by atoms with Gasteiger partial charge in [-0.1, -0.05) is 19.9 Å². The Balaban J connectivity index is 2.33. The third kappa shape index (κ3) is 1.93. The summed E-state index contributed by atoms with van der Waals surface area (Å²) in [7, 11) is 0.